The Hall–Kier alpha value is -3.44. The molecule has 0 bridgehead atoms. The Morgan fingerprint density at radius 2 is 1.94 bits per heavy atom. The Bertz CT molecular complexity index is 1350. The van der Waals surface area contributed by atoms with E-state index in [1.807, 2.05) is 31.2 Å². The summed E-state index contributed by atoms with van der Waals surface area (Å²) in [4.78, 5) is 16.7. The number of benzene rings is 2. The number of aryl methyl sites for hydroxylation is 1. The Morgan fingerprint density at radius 3 is 2.62 bits per heavy atom. The molecule has 1 amide bonds. The van der Waals surface area contributed by atoms with Crippen molar-refractivity contribution in [1.29, 1.82) is 5.41 Å². The van der Waals surface area contributed by atoms with Crippen LogP contribution in [0.5, 0.6) is 11.5 Å². The van der Waals surface area contributed by atoms with Gasteiger partial charge in [0.25, 0.3) is 5.91 Å². The zero-order valence-corrected chi connectivity index (χ0v) is 19.0. The fraction of sp³-hybridized carbons (Fsp3) is 0.143. The molecular weight excluding hydrogens is 452 g/mol. The predicted octanol–water partition coefficient (Wildman–Crippen LogP) is 3.01. The van der Waals surface area contributed by atoms with Gasteiger partial charge in [-0.15, -0.1) is 0 Å². The first-order valence-electron chi connectivity index (χ1n) is 9.29. The molecule has 2 aliphatic rings. The monoisotopic (exact) mass is 470 g/mol. The summed E-state index contributed by atoms with van der Waals surface area (Å²) in [6.45, 7) is 1.97. The highest BCUT2D eigenvalue weighted by Gasteiger charge is 2.36. The van der Waals surface area contributed by atoms with Gasteiger partial charge in [-0.3, -0.25) is 10.2 Å². The zero-order valence-electron chi connectivity index (χ0n) is 17.3. The molecule has 0 aromatic heterocycles. The maximum absolute atomic E-state index is 12.6. The van der Waals surface area contributed by atoms with Gasteiger partial charge in [0.2, 0.25) is 5.17 Å². The number of ether oxygens (including phenoxy) is 1. The minimum Gasteiger partial charge on any atom is -0.493 e. The number of methoxy groups -OCH3 is 1. The number of rotatable bonds is 5. The van der Waals surface area contributed by atoms with E-state index in [0.29, 0.717) is 15.8 Å². The molecule has 2 aromatic carbocycles. The van der Waals surface area contributed by atoms with E-state index in [1.165, 1.54) is 42.1 Å². The second kappa shape index (κ2) is 8.24. The van der Waals surface area contributed by atoms with E-state index in [9.17, 15) is 13.2 Å². The third-order valence-corrected chi connectivity index (χ3v) is 5.90. The molecule has 2 heterocycles. The van der Waals surface area contributed by atoms with Crippen molar-refractivity contribution < 1.29 is 22.1 Å². The van der Waals surface area contributed by atoms with Gasteiger partial charge in [-0.1, -0.05) is 29.8 Å². The molecule has 0 aliphatic carbocycles. The van der Waals surface area contributed by atoms with Gasteiger partial charge < -0.3 is 8.92 Å². The molecule has 0 unspecified atom stereocenters. The molecule has 0 saturated carbocycles. The number of nitrogens with zero attached hydrogens (tertiary/aromatic N) is 3. The fourth-order valence-corrected chi connectivity index (χ4v) is 4.41. The highest BCUT2D eigenvalue weighted by molar-refractivity contribution is 8.27. The lowest BCUT2D eigenvalue weighted by Gasteiger charge is -2.20. The number of nitrogens with one attached hydrogen (secondary N) is 1. The van der Waals surface area contributed by atoms with Crippen molar-refractivity contribution in [3.05, 3.63) is 64.7 Å². The average molecular weight is 471 g/mol. The molecule has 2 aromatic rings. The number of hydrogen-bond donors (Lipinski definition) is 1. The van der Waals surface area contributed by atoms with Crippen molar-refractivity contribution in [3.8, 4) is 11.5 Å². The van der Waals surface area contributed by atoms with Gasteiger partial charge >= 0.3 is 10.1 Å². The summed E-state index contributed by atoms with van der Waals surface area (Å²) in [5, 5.41) is 15.3. The van der Waals surface area contributed by atoms with Gasteiger partial charge in [-0.05, 0) is 48.5 Å². The smallest absolute Gasteiger partial charge is 0.306 e. The highest BCUT2D eigenvalue weighted by Crippen LogP contribution is 2.33. The van der Waals surface area contributed by atoms with Crippen LogP contribution in [0.1, 0.15) is 16.7 Å². The third kappa shape index (κ3) is 4.43. The summed E-state index contributed by atoms with van der Waals surface area (Å²) in [5.41, 5.74) is 2.50. The van der Waals surface area contributed by atoms with E-state index in [2.05, 4.69) is 10.1 Å². The fourth-order valence-electron chi connectivity index (χ4n) is 3.06. The van der Waals surface area contributed by atoms with Crippen molar-refractivity contribution in [2.24, 2.45) is 10.1 Å². The van der Waals surface area contributed by atoms with Gasteiger partial charge in [0.1, 0.15) is 5.04 Å². The number of carbonyl (C=O) groups excluding carboxylic acids is 1. The van der Waals surface area contributed by atoms with Crippen molar-refractivity contribution >= 4 is 49.9 Å². The number of amides is 1. The van der Waals surface area contributed by atoms with E-state index in [-0.39, 0.29) is 22.9 Å². The molecule has 4 rings (SSSR count). The number of fused-ring (bicyclic) bond motifs is 1. The topological polar surface area (TPSA) is 121 Å². The molecule has 0 spiro atoms. The quantitative estimate of drug-likeness (QED) is 0.527. The van der Waals surface area contributed by atoms with Crippen molar-refractivity contribution in [3.63, 3.8) is 0 Å². The Morgan fingerprint density at radius 1 is 1.16 bits per heavy atom. The van der Waals surface area contributed by atoms with Crippen LogP contribution in [0.2, 0.25) is 0 Å². The molecule has 0 radical (unpaired) electrons. The summed E-state index contributed by atoms with van der Waals surface area (Å²) in [6, 6.07) is 12.2. The maximum Gasteiger partial charge on any atom is 0.306 e. The first-order valence-corrected chi connectivity index (χ1v) is 11.9. The summed E-state index contributed by atoms with van der Waals surface area (Å²) in [7, 11) is -2.36. The third-order valence-electron chi connectivity index (χ3n) is 4.46. The normalized spacial score (nSPS) is 17.2. The van der Waals surface area contributed by atoms with Crippen molar-refractivity contribution in [2.75, 3.05) is 13.4 Å². The minimum atomic E-state index is -3.73. The molecule has 0 atom stereocenters. The molecule has 11 heteroatoms. The van der Waals surface area contributed by atoms with E-state index >= 15 is 0 Å². The maximum atomic E-state index is 12.6. The molecule has 9 nitrogen and oxygen atoms in total. The van der Waals surface area contributed by atoms with Crippen LogP contribution in [0.25, 0.3) is 6.08 Å². The number of hydrogen-bond acceptors (Lipinski definition) is 8. The molecule has 1 N–H and O–H groups in total. The number of thioether (sulfide) groups is 1. The molecule has 164 valence electrons. The molecule has 2 aliphatic heterocycles. The molecule has 32 heavy (non-hydrogen) atoms. The van der Waals surface area contributed by atoms with Crippen molar-refractivity contribution in [1.82, 2.24) is 5.01 Å². The van der Waals surface area contributed by atoms with Gasteiger partial charge in [0.05, 0.1) is 18.9 Å². The van der Waals surface area contributed by atoms with Gasteiger partial charge in [-0.2, -0.15) is 23.5 Å². The SMILES string of the molecule is COc1cc(C=C2C(=N)N3N=C(c4cccc(C)c4)SC3=NC2=O)ccc1OS(C)(=O)=O. The number of carbonyl (C=O) groups is 1. The number of aliphatic imine (C=N–C) groups is 1. The molecule has 0 fully saturated rings. The van der Waals surface area contributed by atoms with Crippen LogP contribution in [0.15, 0.2) is 58.1 Å². The van der Waals surface area contributed by atoms with Crippen LogP contribution in [-0.2, 0) is 14.9 Å². The second-order valence-corrected chi connectivity index (χ2v) is 9.52. The Balaban J connectivity index is 1.66. The number of amidine groups is 2. The van der Waals surface area contributed by atoms with Gasteiger partial charge in [-0.25, -0.2) is 0 Å². The second-order valence-electron chi connectivity index (χ2n) is 6.99. The van der Waals surface area contributed by atoms with Crippen LogP contribution in [0.3, 0.4) is 0 Å². The van der Waals surface area contributed by atoms with E-state index in [4.69, 9.17) is 14.3 Å². The van der Waals surface area contributed by atoms with E-state index in [1.54, 1.807) is 6.07 Å². The highest BCUT2D eigenvalue weighted by atomic mass is 32.2. The largest absolute Gasteiger partial charge is 0.493 e. The first-order chi connectivity index (χ1) is 15.1. The predicted molar refractivity (Wildman–Crippen MR) is 124 cm³/mol. The average Bonchev–Trinajstić information content (AvgIpc) is 3.15. The van der Waals surface area contributed by atoms with Crippen LogP contribution >= 0.6 is 11.8 Å². The van der Waals surface area contributed by atoms with E-state index < -0.39 is 16.0 Å². The molecular formula is C21H18N4O5S2. The van der Waals surface area contributed by atoms with Crippen LogP contribution in [0, 0.1) is 12.3 Å². The minimum absolute atomic E-state index is 0.0193. The summed E-state index contributed by atoms with van der Waals surface area (Å²) >= 11 is 1.23. The lowest BCUT2D eigenvalue weighted by Crippen LogP contribution is -2.35. The van der Waals surface area contributed by atoms with Gasteiger partial charge in [0, 0.05) is 5.56 Å². The van der Waals surface area contributed by atoms with Crippen LogP contribution < -0.4 is 8.92 Å². The first kappa shape index (κ1) is 21.8. The summed E-state index contributed by atoms with van der Waals surface area (Å²) in [5.74, 6) is -0.485. The summed E-state index contributed by atoms with van der Waals surface area (Å²) in [6.07, 6.45) is 2.40. The standard InChI is InChI=1S/C21H18N4O5S2/c1-12-5-4-6-14(9-12)20-24-25-18(22)15(19(26)23-21(25)31-20)10-13-7-8-16(17(11-13)29-2)30-32(3,27)28/h4-11,22H,1-3H3. The number of hydrazone groups is 1. The van der Waals surface area contributed by atoms with Crippen LogP contribution in [0.4, 0.5) is 0 Å². The lowest BCUT2D eigenvalue weighted by molar-refractivity contribution is -0.114. The van der Waals surface area contributed by atoms with E-state index in [0.717, 1.165) is 17.4 Å². The Labute approximate surface area is 189 Å². The lowest BCUT2D eigenvalue weighted by atomic mass is 10.1. The summed E-state index contributed by atoms with van der Waals surface area (Å²) < 4.78 is 32.9. The molecule has 0 saturated heterocycles. The van der Waals surface area contributed by atoms with Gasteiger partial charge in [0.15, 0.2) is 17.3 Å². The van der Waals surface area contributed by atoms with Crippen LogP contribution in [-0.4, -0.2) is 48.7 Å². The zero-order chi connectivity index (χ0) is 23.0. The van der Waals surface area contributed by atoms with Crippen molar-refractivity contribution in [2.45, 2.75) is 6.92 Å². The Kier molecular flexibility index (Phi) is 5.61.